The number of ether oxygens (including phenoxy) is 1. The number of piperidine rings is 1. The van der Waals surface area contributed by atoms with Crippen LogP contribution in [-0.4, -0.2) is 79.9 Å². The van der Waals surface area contributed by atoms with Crippen molar-refractivity contribution in [2.75, 3.05) is 36.9 Å². The van der Waals surface area contributed by atoms with Gasteiger partial charge in [-0.15, -0.1) is 10.2 Å². The van der Waals surface area contributed by atoms with Gasteiger partial charge in [0, 0.05) is 61.4 Å². The number of nitrogen functional groups attached to an aromatic ring is 1. The minimum atomic E-state index is -0.187. The molecule has 1 aliphatic carbocycles. The van der Waals surface area contributed by atoms with Crippen molar-refractivity contribution in [3.63, 3.8) is 0 Å². The van der Waals surface area contributed by atoms with Gasteiger partial charge >= 0.3 is 0 Å². The number of hydrogen-bond acceptors (Lipinski definition) is 10. The zero-order chi connectivity index (χ0) is 34.9. The van der Waals surface area contributed by atoms with Crippen molar-refractivity contribution < 1.29 is 19.4 Å². The van der Waals surface area contributed by atoms with Crippen LogP contribution >= 0.6 is 0 Å². The number of benzene rings is 2. The van der Waals surface area contributed by atoms with Crippen LogP contribution in [0.1, 0.15) is 81.7 Å². The molecule has 2 saturated heterocycles. The number of phenols is 1. The molecule has 266 valence electrons. The van der Waals surface area contributed by atoms with E-state index in [0.717, 1.165) is 68.9 Å². The lowest BCUT2D eigenvalue weighted by molar-refractivity contribution is -0.129. The largest absolute Gasteiger partial charge is 0.507 e. The van der Waals surface area contributed by atoms with Gasteiger partial charge < -0.3 is 29.9 Å². The minimum Gasteiger partial charge on any atom is -0.507 e. The molecule has 8 rings (SSSR count). The minimum absolute atomic E-state index is 0.00150. The number of aromatic nitrogens is 4. The second kappa shape index (κ2) is 14.3. The number of nitrogens with two attached hydrogens (primary N) is 1. The van der Waals surface area contributed by atoms with Crippen LogP contribution < -0.4 is 20.7 Å². The van der Waals surface area contributed by atoms with Crippen molar-refractivity contribution in [2.24, 2.45) is 0 Å². The Morgan fingerprint density at radius 2 is 1.69 bits per heavy atom. The quantitative estimate of drug-likeness (QED) is 0.176. The summed E-state index contributed by atoms with van der Waals surface area (Å²) in [5.41, 5.74) is 11.2. The molecule has 12 heteroatoms. The van der Waals surface area contributed by atoms with E-state index in [-0.39, 0.29) is 23.6 Å². The Morgan fingerprint density at radius 3 is 2.55 bits per heavy atom. The van der Waals surface area contributed by atoms with Crippen LogP contribution in [0, 0.1) is 0 Å². The van der Waals surface area contributed by atoms with Crippen LogP contribution in [0.25, 0.3) is 22.5 Å². The van der Waals surface area contributed by atoms with Gasteiger partial charge in [0.25, 0.3) is 0 Å². The van der Waals surface area contributed by atoms with Gasteiger partial charge in [0.1, 0.15) is 18.1 Å². The molecule has 2 aromatic carbocycles. The molecule has 4 aliphatic rings. The van der Waals surface area contributed by atoms with E-state index in [4.69, 9.17) is 15.5 Å². The Kier molecular flexibility index (Phi) is 9.33. The number of aromatic hydroxyl groups is 1. The summed E-state index contributed by atoms with van der Waals surface area (Å²) in [5.74, 6) is 1.50. The van der Waals surface area contributed by atoms with E-state index in [1.165, 1.54) is 18.4 Å². The number of fused-ring (bicyclic) bond motifs is 1. The van der Waals surface area contributed by atoms with Gasteiger partial charge in [0.15, 0.2) is 5.82 Å². The lowest BCUT2D eigenvalue weighted by Crippen LogP contribution is -2.42. The number of imidazole rings is 1. The fourth-order valence-electron chi connectivity index (χ4n) is 8.75. The molecular weight excluding hydrogens is 644 g/mol. The summed E-state index contributed by atoms with van der Waals surface area (Å²) in [4.78, 5) is 34.1. The Labute approximate surface area is 298 Å². The average Bonchev–Trinajstić information content (AvgIpc) is 3.41. The van der Waals surface area contributed by atoms with Gasteiger partial charge in [-0.05, 0) is 80.7 Å². The number of imide groups is 1. The second-order valence-corrected chi connectivity index (χ2v) is 14.5. The van der Waals surface area contributed by atoms with E-state index in [9.17, 15) is 14.7 Å². The standard InChI is InChI=1S/C39H46N8O4/c40-39-31(22-32(43-44-39)30-7-1-2-10-35(30)48)33-23-46(24-41-33)27-15-17-45(18-16-27)26-6-3-5-25(11-12-26)29-8-4-9-34-38(29)51-20-19-47(34)28-13-14-36(49)42-37(50)21-28/h1-2,4,7-10,22-28,48H,3,5-6,11-21H2,(H2,40,44)(H,42,49,50)/t25-,26-,28-/m1/s1. The van der Waals surface area contributed by atoms with Crippen molar-refractivity contribution >= 4 is 23.3 Å². The maximum absolute atomic E-state index is 12.4. The lowest BCUT2D eigenvalue weighted by Gasteiger charge is -2.38. The third-order valence-corrected chi connectivity index (χ3v) is 11.5. The fraction of sp³-hybridized carbons (Fsp3) is 0.462. The zero-order valence-electron chi connectivity index (χ0n) is 28.9. The fourth-order valence-corrected chi connectivity index (χ4v) is 8.75. The summed E-state index contributed by atoms with van der Waals surface area (Å²) >= 11 is 0. The summed E-state index contributed by atoms with van der Waals surface area (Å²) in [6.07, 6.45) is 13.3. The van der Waals surface area contributed by atoms with Crippen molar-refractivity contribution in [2.45, 2.75) is 88.3 Å². The lowest BCUT2D eigenvalue weighted by atomic mass is 9.89. The molecule has 0 radical (unpaired) electrons. The first kappa shape index (κ1) is 33.2. The number of hydrogen-bond donors (Lipinski definition) is 3. The molecule has 3 atom stereocenters. The number of carbonyl (C=O) groups excluding carboxylic acids is 2. The third-order valence-electron chi connectivity index (χ3n) is 11.5. The van der Waals surface area contributed by atoms with Crippen LogP contribution in [0.5, 0.6) is 11.5 Å². The predicted octanol–water partition coefficient (Wildman–Crippen LogP) is 5.44. The van der Waals surface area contributed by atoms with E-state index in [2.05, 4.69) is 54.3 Å². The molecule has 0 bridgehead atoms. The van der Waals surface area contributed by atoms with Crippen LogP contribution in [0.3, 0.4) is 0 Å². The number of nitrogens with one attached hydrogen (secondary N) is 1. The highest BCUT2D eigenvalue weighted by Crippen LogP contribution is 2.45. The summed E-state index contributed by atoms with van der Waals surface area (Å²) in [7, 11) is 0. The van der Waals surface area contributed by atoms with Crippen molar-refractivity contribution in [1.82, 2.24) is 30.0 Å². The third kappa shape index (κ3) is 6.89. The van der Waals surface area contributed by atoms with Crippen LogP contribution in [0.2, 0.25) is 0 Å². The van der Waals surface area contributed by atoms with Crippen LogP contribution in [-0.2, 0) is 9.59 Å². The summed E-state index contributed by atoms with van der Waals surface area (Å²) in [6.45, 7) is 3.42. The van der Waals surface area contributed by atoms with E-state index in [1.807, 2.05) is 24.5 Å². The average molecular weight is 691 g/mol. The maximum Gasteiger partial charge on any atom is 0.228 e. The smallest absolute Gasteiger partial charge is 0.228 e. The summed E-state index contributed by atoms with van der Waals surface area (Å²) in [6, 6.07) is 16.4. The monoisotopic (exact) mass is 690 g/mol. The molecule has 4 aromatic rings. The molecule has 2 aromatic heterocycles. The number of phenolic OH excluding ortho intramolecular Hbond substituents is 1. The first-order valence-electron chi connectivity index (χ1n) is 18.5. The number of nitrogens with zero attached hydrogens (tertiary/aromatic N) is 6. The van der Waals surface area contributed by atoms with Gasteiger partial charge in [-0.2, -0.15) is 0 Å². The Morgan fingerprint density at radius 1 is 0.824 bits per heavy atom. The van der Waals surface area contributed by atoms with Crippen molar-refractivity contribution in [3.8, 4) is 34.0 Å². The molecule has 0 unspecified atom stereocenters. The van der Waals surface area contributed by atoms with E-state index < -0.39 is 0 Å². The predicted molar refractivity (Wildman–Crippen MR) is 194 cm³/mol. The molecule has 3 aliphatic heterocycles. The Balaban J connectivity index is 0.897. The maximum atomic E-state index is 12.4. The first-order chi connectivity index (χ1) is 24.9. The molecule has 3 fully saturated rings. The number of rotatable bonds is 6. The van der Waals surface area contributed by atoms with E-state index in [0.29, 0.717) is 66.5 Å². The Hall–Kier alpha value is -4.97. The van der Waals surface area contributed by atoms with Gasteiger partial charge in [-0.3, -0.25) is 14.9 Å². The number of likely N-dealkylation sites (tertiary alicyclic amines) is 1. The summed E-state index contributed by atoms with van der Waals surface area (Å²) in [5, 5.41) is 21.2. The zero-order valence-corrected chi connectivity index (χ0v) is 28.9. The van der Waals surface area contributed by atoms with Gasteiger partial charge in [0.2, 0.25) is 11.8 Å². The number of amides is 2. The summed E-state index contributed by atoms with van der Waals surface area (Å²) < 4.78 is 8.58. The highest BCUT2D eigenvalue weighted by molar-refractivity contribution is 5.96. The Bertz CT molecular complexity index is 1900. The molecule has 51 heavy (non-hydrogen) atoms. The number of carbonyl (C=O) groups is 2. The number of para-hydroxylation sites is 2. The van der Waals surface area contributed by atoms with E-state index >= 15 is 0 Å². The molecule has 2 amide bonds. The first-order valence-corrected chi connectivity index (χ1v) is 18.5. The second-order valence-electron chi connectivity index (χ2n) is 14.5. The SMILES string of the molecule is Nc1nnc(-c2ccccc2O)cc1-c1cn(C2CCN([C@@H]3CCC[C@@H](c4cccc5c4OCCN5[C@@H]4CCC(=O)NC(=O)C4)CC3)CC2)cn1. The topological polar surface area (TPSA) is 152 Å². The molecular formula is C39H46N8O4. The molecule has 5 heterocycles. The normalized spacial score (nSPS) is 23.5. The van der Waals surface area contributed by atoms with Gasteiger partial charge in [-0.25, -0.2) is 4.98 Å². The van der Waals surface area contributed by atoms with Crippen LogP contribution in [0.15, 0.2) is 61.1 Å². The molecule has 1 saturated carbocycles. The van der Waals surface area contributed by atoms with Crippen LogP contribution in [0.4, 0.5) is 11.5 Å². The number of anilines is 2. The van der Waals surface area contributed by atoms with Crippen molar-refractivity contribution in [1.29, 1.82) is 0 Å². The highest BCUT2D eigenvalue weighted by atomic mass is 16.5. The molecule has 0 spiro atoms. The van der Waals surface area contributed by atoms with Crippen molar-refractivity contribution in [3.05, 3.63) is 66.6 Å². The molecule has 4 N–H and O–H groups in total. The highest BCUT2D eigenvalue weighted by Gasteiger charge is 2.34. The van der Waals surface area contributed by atoms with Gasteiger partial charge in [0.05, 0.1) is 29.9 Å². The van der Waals surface area contributed by atoms with E-state index in [1.54, 1.807) is 12.1 Å². The molecule has 12 nitrogen and oxygen atoms in total. The van der Waals surface area contributed by atoms with Gasteiger partial charge in [-0.1, -0.05) is 30.7 Å².